The second-order valence-electron chi connectivity index (χ2n) is 10.0. The quantitative estimate of drug-likeness (QED) is 0.103. The van der Waals surface area contributed by atoms with Crippen molar-refractivity contribution in [2.75, 3.05) is 11.4 Å². The van der Waals surface area contributed by atoms with Crippen LogP contribution in [0, 0.1) is 23.3 Å². The third-order valence-corrected chi connectivity index (χ3v) is 8.37. The first kappa shape index (κ1) is 34.2. The Labute approximate surface area is 265 Å². The fraction of sp³-hybridized carbons (Fsp3) is 0.200. The van der Waals surface area contributed by atoms with E-state index in [0.717, 1.165) is 29.0 Å². The minimum atomic E-state index is -4.79. The number of fused-ring (bicyclic) bond motifs is 1. The van der Waals surface area contributed by atoms with Crippen LogP contribution < -0.4 is 19.7 Å². The zero-order chi connectivity index (χ0) is 33.4. The Hall–Kier alpha value is -4.67. The molecule has 1 heterocycles. The van der Waals surface area contributed by atoms with E-state index in [1.807, 2.05) is 4.72 Å². The third kappa shape index (κ3) is 9.42. The van der Waals surface area contributed by atoms with Gasteiger partial charge in [-0.3, -0.25) is 4.79 Å². The Morgan fingerprint density at radius 3 is 2.13 bits per heavy atom. The number of benzene rings is 3. The Kier molecular flexibility index (Phi) is 11.2. The van der Waals surface area contributed by atoms with Crippen molar-refractivity contribution in [3.05, 3.63) is 107 Å². The zero-order valence-corrected chi connectivity index (χ0v) is 25.5. The van der Waals surface area contributed by atoms with Crippen LogP contribution >= 0.6 is 11.3 Å². The summed E-state index contributed by atoms with van der Waals surface area (Å²) in [5, 5.41) is 2.24. The second-order valence-corrected chi connectivity index (χ2v) is 12.4. The third-order valence-electron chi connectivity index (χ3n) is 6.49. The monoisotopic (exact) mass is 677 g/mol. The average Bonchev–Trinajstić information content (AvgIpc) is 3.43. The van der Waals surface area contributed by atoms with E-state index in [1.165, 1.54) is 16.2 Å². The van der Waals surface area contributed by atoms with Crippen LogP contribution in [-0.4, -0.2) is 50.3 Å². The van der Waals surface area contributed by atoms with Gasteiger partial charge in [0.05, 0.1) is 21.8 Å². The number of amides is 3. The van der Waals surface area contributed by atoms with Gasteiger partial charge in [0.25, 0.3) is 0 Å². The predicted molar refractivity (Wildman–Crippen MR) is 164 cm³/mol. The molecule has 1 aromatic heterocycles. The van der Waals surface area contributed by atoms with E-state index >= 15 is 0 Å². The number of halogens is 4. The summed E-state index contributed by atoms with van der Waals surface area (Å²) in [4.78, 5) is 44.0. The Bertz CT molecular complexity index is 1830. The summed E-state index contributed by atoms with van der Waals surface area (Å²) in [6.45, 7) is 3.75. The van der Waals surface area contributed by atoms with Gasteiger partial charge < -0.3 is 15.0 Å². The largest absolute Gasteiger partial charge is 0.330 e. The van der Waals surface area contributed by atoms with E-state index in [9.17, 15) is 40.4 Å². The van der Waals surface area contributed by atoms with Crippen LogP contribution in [0.1, 0.15) is 17.5 Å². The molecule has 0 aliphatic rings. The molecule has 3 N–H and O–H groups in total. The summed E-state index contributed by atoms with van der Waals surface area (Å²) in [6.07, 6.45) is 1.14. The molecule has 0 saturated heterocycles. The molecule has 242 valence electrons. The molecular formula is C30H27F4N5O5S2. The Morgan fingerprint density at radius 1 is 0.935 bits per heavy atom. The predicted octanol–water partition coefficient (Wildman–Crippen LogP) is 4.32. The van der Waals surface area contributed by atoms with E-state index < -0.39 is 70.3 Å². The number of aromatic nitrogens is 1. The van der Waals surface area contributed by atoms with Gasteiger partial charge >= 0.3 is 16.2 Å². The smallest absolute Gasteiger partial charge is 0.325 e. The molecule has 0 fully saturated rings. The van der Waals surface area contributed by atoms with Crippen molar-refractivity contribution < 1.29 is 40.4 Å². The van der Waals surface area contributed by atoms with Crippen LogP contribution in [0.3, 0.4) is 0 Å². The van der Waals surface area contributed by atoms with E-state index in [-0.39, 0.29) is 24.0 Å². The van der Waals surface area contributed by atoms with Crippen LogP contribution in [0.5, 0.6) is 0 Å². The van der Waals surface area contributed by atoms with Crippen molar-refractivity contribution in [1.29, 1.82) is 0 Å². The molecule has 3 amide bonds. The van der Waals surface area contributed by atoms with Crippen molar-refractivity contribution in [3.8, 4) is 0 Å². The summed E-state index contributed by atoms with van der Waals surface area (Å²) in [7, 11) is -4.79. The topological polar surface area (TPSA) is 138 Å². The van der Waals surface area contributed by atoms with E-state index in [0.29, 0.717) is 29.8 Å². The number of rotatable bonds is 14. The SMILES string of the molecule is C=CCCN(C(=O)[C@H](Cc1cc(F)cc(F)c1)NC(=O)NS(=O)(=O)N[C@H](C=O)Cc1cc(F)cc(F)c1)c1ccc2scnc2c1. The number of anilines is 1. The Balaban J connectivity index is 1.57. The highest BCUT2D eigenvalue weighted by Gasteiger charge is 2.30. The van der Waals surface area contributed by atoms with Crippen molar-refractivity contribution in [2.24, 2.45) is 0 Å². The van der Waals surface area contributed by atoms with Crippen molar-refractivity contribution in [2.45, 2.75) is 31.3 Å². The minimum Gasteiger partial charge on any atom is -0.325 e. The maximum atomic E-state index is 14.0. The molecule has 0 spiro atoms. The highest BCUT2D eigenvalue weighted by Crippen LogP contribution is 2.25. The standard InChI is InChI=1S/C30H27F4N5O5S2/c1-2-3-6-39(25-4-5-28-26(15-25)35-17-45-28)29(41)27(12-19-9-22(33)14-23(34)10-19)36-30(42)38-46(43,44)37-24(16-40)11-18-7-20(31)13-21(32)8-18/h2,4-5,7-10,13-17,24,27,37H,1,3,6,11-12H2,(H2,36,38,42)/t24-,27-/m0/s1. The van der Waals surface area contributed by atoms with E-state index in [1.54, 1.807) is 34.5 Å². The first-order valence-electron chi connectivity index (χ1n) is 13.6. The summed E-state index contributed by atoms with van der Waals surface area (Å²) in [6, 6.07) is 5.49. The molecule has 2 atom stereocenters. The van der Waals surface area contributed by atoms with Crippen LogP contribution in [0.25, 0.3) is 10.2 Å². The molecule has 0 unspecified atom stereocenters. The molecule has 4 aromatic rings. The molecular weight excluding hydrogens is 650 g/mol. The molecule has 0 radical (unpaired) electrons. The number of urea groups is 1. The number of carbonyl (C=O) groups is 3. The van der Waals surface area contributed by atoms with Crippen molar-refractivity contribution >= 4 is 55.7 Å². The highest BCUT2D eigenvalue weighted by molar-refractivity contribution is 7.88. The molecule has 16 heteroatoms. The van der Waals surface area contributed by atoms with Gasteiger partial charge in [0.2, 0.25) is 5.91 Å². The van der Waals surface area contributed by atoms with Gasteiger partial charge in [-0.25, -0.2) is 32.1 Å². The second kappa shape index (κ2) is 15.1. The lowest BCUT2D eigenvalue weighted by molar-refractivity contribution is -0.120. The molecule has 0 aliphatic heterocycles. The number of hydrogen-bond donors (Lipinski definition) is 3. The van der Waals surface area contributed by atoms with Gasteiger partial charge in [0.1, 0.15) is 35.6 Å². The van der Waals surface area contributed by atoms with Crippen LogP contribution in [0.4, 0.5) is 28.0 Å². The number of nitrogens with zero attached hydrogens (tertiary/aromatic N) is 2. The fourth-order valence-electron chi connectivity index (χ4n) is 4.59. The molecule has 10 nitrogen and oxygen atoms in total. The van der Waals surface area contributed by atoms with E-state index in [2.05, 4.69) is 16.9 Å². The van der Waals surface area contributed by atoms with E-state index in [4.69, 9.17) is 0 Å². The fourth-order valence-corrected chi connectivity index (χ4v) is 6.15. The lowest BCUT2D eigenvalue weighted by Gasteiger charge is -2.28. The van der Waals surface area contributed by atoms with Gasteiger partial charge in [0, 0.05) is 30.8 Å². The lowest BCUT2D eigenvalue weighted by atomic mass is 10.0. The molecule has 4 rings (SSSR count). The molecule has 0 aliphatic carbocycles. The summed E-state index contributed by atoms with van der Waals surface area (Å²) < 4.78 is 85.0. The summed E-state index contributed by atoms with van der Waals surface area (Å²) in [5.41, 5.74) is 2.55. The Morgan fingerprint density at radius 2 is 1.54 bits per heavy atom. The molecule has 46 heavy (non-hydrogen) atoms. The van der Waals surface area contributed by atoms with Gasteiger partial charge in [-0.2, -0.15) is 13.1 Å². The normalized spacial score (nSPS) is 12.7. The number of hydrogen-bond acceptors (Lipinski definition) is 7. The first-order valence-corrected chi connectivity index (χ1v) is 15.9. The number of aldehydes is 1. The molecule has 0 bridgehead atoms. The van der Waals surface area contributed by atoms with Gasteiger partial charge in [-0.15, -0.1) is 17.9 Å². The van der Waals surface area contributed by atoms with Crippen molar-refractivity contribution in [1.82, 2.24) is 19.7 Å². The average molecular weight is 678 g/mol. The summed E-state index contributed by atoms with van der Waals surface area (Å²) in [5.74, 6) is -4.51. The maximum Gasteiger partial charge on any atom is 0.330 e. The number of thiazole rings is 1. The zero-order valence-electron chi connectivity index (χ0n) is 23.9. The maximum absolute atomic E-state index is 14.0. The molecule has 3 aromatic carbocycles. The van der Waals surface area contributed by atoms with Gasteiger partial charge in [0.15, 0.2) is 0 Å². The first-order chi connectivity index (χ1) is 21.8. The van der Waals surface area contributed by atoms with Gasteiger partial charge in [-0.05, 0) is 66.4 Å². The van der Waals surface area contributed by atoms with Crippen LogP contribution in [0.2, 0.25) is 0 Å². The van der Waals surface area contributed by atoms with Crippen LogP contribution in [0.15, 0.2) is 72.8 Å². The number of nitrogens with one attached hydrogen (secondary N) is 3. The number of carbonyl (C=O) groups excluding carboxylic acids is 3. The lowest BCUT2D eigenvalue weighted by Crippen LogP contribution is -2.55. The highest BCUT2D eigenvalue weighted by atomic mass is 32.2. The van der Waals surface area contributed by atoms with Crippen LogP contribution in [-0.2, 0) is 32.6 Å². The van der Waals surface area contributed by atoms with Crippen molar-refractivity contribution in [3.63, 3.8) is 0 Å². The summed E-state index contributed by atoms with van der Waals surface area (Å²) >= 11 is 1.38. The van der Waals surface area contributed by atoms with Gasteiger partial charge in [-0.1, -0.05) is 6.08 Å². The minimum absolute atomic E-state index is 0.0147. The molecule has 0 saturated carbocycles.